The van der Waals surface area contributed by atoms with Crippen LogP contribution in [0, 0.1) is 5.41 Å². The molecule has 0 radical (unpaired) electrons. The number of alkyl halides is 3. The van der Waals surface area contributed by atoms with Gasteiger partial charge in [-0.1, -0.05) is 6.92 Å². The van der Waals surface area contributed by atoms with Crippen molar-refractivity contribution in [2.45, 2.75) is 57.8 Å². The molecule has 3 saturated heterocycles. The Kier molecular flexibility index (Phi) is 9.03. The van der Waals surface area contributed by atoms with Gasteiger partial charge >= 0.3 is 12.1 Å². The number of imide groups is 1. The number of carboxylic acid groups (broad SMARTS) is 1. The summed E-state index contributed by atoms with van der Waals surface area (Å²) in [5.74, 6) is -3.48. The number of nitrogens with zero attached hydrogens (tertiary/aromatic N) is 3. The molecule has 0 saturated carbocycles. The number of fused-ring (bicyclic) bond motifs is 1. The zero-order valence-corrected chi connectivity index (χ0v) is 22.6. The molecule has 1 aromatic rings. The highest BCUT2D eigenvalue weighted by Gasteiger charge is 2.40. The number of rotatable bonds is 4. The number of carbonyl (C=O) groups is 4. The minimum Gasteiger partial charge on any atom is -0.475 e. The quantitative estimate of drug-likeness (QED) is 0.473. The van der Waals surface area contributed by atoms with E-state index in [0.717, 1.165) is 56.9 Å². The fraction of sp³-hybridized carbons (Fsp3) is 0.630. The van der Waals surface area contributed by atoms with Crippen LogP contribution in [-0.2, 0) is 20.9 Å². The smallest absolute Gasteiger partial charge is 0.475 e. The van der Waals surface area contributed by atoms with E-state index in [1.807, 2.05) is 6.07 Å². The van der Waals surface area contributed by atoms with Crippen LogP contribution in [0.5, 0.6) is 0 Å². The van der Waals surface area contributed by atoms with Crippen LogP contribution >= 0.6 is 0 Å². The van der Waals surface area contributed by atoms with Crippen LogP contribution in [0.3, 0.4) is 0 Å². The Morgan fingerprint density at radius 2 is 1.80 bits per heavy atom. The van der Waals surface area contributed by atoms with Gasteiger partial charge < -0.3 is 25.1 Å². The summed E-state index contributed by atoms with van der Waals surface area (Å²) >= 11 is 0. The summed E-state index contributed by atoms with van der Waals surface area (Å²) in [6.07, 6.45) is -0.784. The van der Waals surface area contributed by atoms with E-state index in [2.05, 4.69) is 39.5 Å². The lowest BCUT2D eigenvalue weighted by Gasteiger charge is -2.38. The summed E-state index contributed by atoms with van der Waals surface area (Å²) in [5, 5.41) is 13.0. The van der Waals surface area contributed by atoms with Crippen LogP contribution < -0.4 is 15.5 Å². The maximum atomic E-state index is 13.0. The lowest BCUT2D eigenvalue weighted by Crippen LogP contribution is -2.52. The second kappa shape index (κ2) is 12.1. The Morgan fingerprint density at radius 3 is 2.45 bits per heavy atom. The second-order valence-electron chi connectivity index (χ2n) is 11.2. The van der Waals surface area contributed by atoms with Gasteiger partial charge in [0.05, 0.1) is 0 Å². The number of piperidine rings is 2. The van der Waals surface area contributed by atoms with Crippen molar-refractivity contribution in [3.8, 4) is 0 Å². The molecule has 3 N–H and O–H groups in total. The molecule has 4 heterocycles. The molecule has 0 bridgehead atoms. The van der Waals surface area contributed by atoms with Crippen molar-refractivity contribution < 1.29 is 37.5 Å². The summed E-state index contributed by atoms with van der Waals surface area (Å²) in [6, 6.07) is 5.53. The van der Waals surface area contributed by atoms with Gasteiger partial charge in [0.15, 0.2) is 0 Å². The molecule has 5 rings (SSSR count). The standard InChI is InChI=1S/C25H35N5O3.C2HF3O2/c1-25(7-9-26-10-8-25)17-28-11-2-12-29(14-13-28)19-3-4-20-18(15-19)16-30(24(20)33)21-5-6-22(31)27-23(21)32;3-2(4,5)1(6)7/h3-4,15,21,26H,2,5-14,16-17H2,1H3,(H,27,31,32);(H,6,7). The number of carboxylic acids is 1. The van der Waals surface area contributed by atoms with E-state index < -0.39 is 18.2 Å². The van der Waals surface area contributed by atoms with Crippen LogP contribution in [0.2, 0.25) is 0 Å². The van der Waals surface area contributed by atoms with Gasteiger partial charge in [0.25, 0.3) is 5.91 Å². The first-order valence-corrected chi connectivity index (χ1v) is 13.6. The average Bonchev–Trinajstić information content (AvgIpc) is 3.04. The van der Waals surface area contributed by atoms with E-state index in [9.17, 15) is 27.6 Å². The first-order valence-electron chi connectivity index (χ1n) is 13.6. The van der Waals surface area contributed by atoms with E-state index in [0.29, 0.717) is 23.9 Å². The topological polar surface area (TPSA) is 122 Å². The number of benzene rings is 1. The average molecular weight is 568 g/mol. The highest BCUT2D eigenvalue weighted by molar-refractivity contribution is 6.05. The number of anilines is 1. The molecule has 10 nitrogen and oxygen atoms in total. The molecule has 0 aromatic heterocycles. The Labute approximate surface area is 230 Å². The molecule has 13 heteroatoms. The zero-order chi connectivity index (χ0) is 29.1. The summed E-state index contributed by atoms with van der Waals surface area (Å²) in [6.45, 7) is 10.5. The van der Waals surface area contributed by atoms with E-state index in [1.165, 1.54) is 19.4 Å². The van der Waals surface area contributed by atoms with Crippen LogP contribution in [-0.4, -0.2) is 96.6 Å². The third-order valence-electron chi connectivity index (χ3n) is 8.12. The molecule has 0 spiro atoms. The minimum absolute atomic E-state index is 0.108. The van der Waals surface area contributed by atoms with Gasteiger partial charge in [-0.2, -0.15) is 13.2 Å². The first kappa shape index (κ1) is 29.8. The van der Waals surface area contributed by atoms with Crippen molar-refractivity contribution in [2.75, 3.05) is 50.7 Å². The first-order chi connectivity index (χ1) is 18.9. The Bertz CT molecular complexity index is 1140. The summed E-state index contributed by atoms with van der Waals surface area (Å²) in [7, 11) is 0. The number of hydrogen-bond acceptors (Lipinski definition) is 7. The monoisotopic (exact) mass is 567 g/mol. The van der Waals surface area contributed by atoms with Crippen LogP contribution in [0.25, 0.3) is 0 Å². The predicted octanol–water partition coefficient (Wildman–Crippen LogP) is 1.98. The van der Waals surface area contributed by atoms with E-state index >= 15 is 0 Å². The van der Waals surface area contributed by atoms with Gasteiger partial charge in [-0.3, -0.25) is 19.7 Å². The molecule has 3 fully saturated rings. The highest BCUT2D eigenvalue weighted by Crippen LogP contribution is 2.32. The van der Waals surface area contributed by atoms with Crippen molar-refractivity contribution in [3.63, 3.8) is 0 Å². The second-order valence-corrected chi connectivity index (χ2v) is 11.2. The Morgan fingerprint density at radius 1 is 1.10 bits per heavy atom. The molecule has 1 atom stereocenters. The molecular weight excluding hydrogens is 531 g/mol. The number of aliphatic carboxylic acids is 1. The van der Waals surface area contributed by atoms with E-state index in [1.54, 1.807) is 4.90 Å². The fourth-order valence-corrected chi connectivity index (χ4v) is 5.87. The normalized spacial score (nSPS) is 23.6. The number of carbonyl (C=O) groups excluding carboxylic acids is 3. The summed E-state index contributed by atoms with van der Waals surface area (Å²) in [4.78, 5) is 52.3. The number of amides is 3. The third kappa shape index (κ3) is 7.11. The highest BCUT2D eigenvalue weighted by atomic mass is 19.4. The maximum Gasteiger partial charge on any atom is 0.490 e. The van der Waals surface area contributed by atoms with Crippen LogP contribution in [0.15, 0.2) is 18.2 Å². The predicted molar refractivity (Wildman–Crippen MR) is 140 cm³/mol. The molecule has 4 aliphatic rings. The molecular formula is C27H36F3N5O5. The fourth-order valence-electron chi connectivity index (χ4n) is 5.87. The summed E-state index contributed by atoms with van der Waals surface area (Å²) < 4.78 is 31.7. The Balaban J connectivity index is 0.000000470. The van der Waals surface area contributed by atoms with Crippen LogP contribution in [0.4, 0.5) is 18.9 Å². The van der Waals surface area contributed by atoms with Gasteiger partial charge in [-0.25, -0.2) is 4.79 Å². The maximum absolute atomic E-state index is 13.0. The number of hydrogen-bond donors (Lipinski definition) is 3. The molecule has 220 valence electrons. The van der Waals surface area contributed by atoms with Gasteiger partial charge in [0.1, 0.15) is 6.04 Å². The van der Waals surface area contributed by atoms with Gasteiger partial charge in [0, 0.05) is 50.4 Å². The van der Waals surface area contributed by atoms with Gasteiger partial charge in [0.2, 0.25) is 11.8 Å². The molecule has 4 aliphatic heterocycles. The van der Waals surface area contributed by atoms with Crippen molar-refractivity contribution >= 4 is 29.4 Å². The molecule has 1 unspecified atom stereocenters. The molecule has 0 aliphatic carbocycles. The third-order valence-corrected chi connectivity index (χ3v) is 8.12. The van der Waals surface area contributed by atoms with Gasteiger partial charge in [-0.05, 0) is 74.5 Å². The number of nitrogens with one attached hydrogen (secondary N) is 2. The van der Waals surface area contributed by atoms with Crippen molar-refractivity contribution in [1.29, 1.82) is 0 Å². The SMILES string of the molecule is CC1(CN2CCCN(c3ccc4c(c3)CN(C3CCC(=O)NC3=O)C4=O)CC2)CCNCC1.O=C(O)C(F)(F)F. The number of halogens is 3. The van der Waals surface area contributed by atoms with Crippen molar-refractivity contribution in [2.24, 2.45) is 5.41 Å². The van der Waals surface area contributed by atoms with Crippen molar-refractivity contribution in [3.05, 3.63) is 29.3 Å². The minimum atomic E-state index is -5.08. The van der Waals surface area contributed by atoms with Gasteiger partial charge in [-0.15, -0.1) is 0 Å². The van der Waals surface area contributed by atoms with Crippen molar-refractivity contribution in [1.82, 2.24) is 20.4 Å². The molecule has 1 aromatic carbocycles. The lowest BCUT2D eigenvalue weighted by atomic mass is 9.80. The van der Waals surface area contributed by atoms with E-state index in [4.69, 9.17) is 9.90 Å². The largest absolute Gasteiger partial charge is 0.490 e. The van der Waals surface area contributed by atoms with E-state index in [-0.39, 0.29) is 24.1 Å². The van der Waals surface area contributed by atoms with Crippen LogP contribution in [0.1, 0.15) is 54.9 Å². The molecule has 40 heavy (non-hydrogen) atoms. The Hall–Kier alpha value is -3.19. The lowest BCUT2D eigenvalue weighted by molar-refractivity contribution is -0.192. The molecule has 3 amide bonds. The zero-order valence-electron chi connectivity index (χ0n) is 22.6. The summed E-state index contributed by atoms with van der Waals surface area (Å²) in [5.41, 5.74) is 3.22.